The van der Waals surface area contributed by atoms with Crippen LogP contribution in [0.25, 0.3) is 38.5 Å². The monoisotopic (exact) mass is 945 g/mol. The van der Waals surface area contributed by atoms with E-state index in [-0.39, 0.29) is 26.3 Å². The minimum absolute atomic E-state index is 0. The summed E-state index contributed by atoms with van der Waals surface area (Å²) in [5.74, 6) is 1.53. The molecule has 0 saturated heterocycles. The molecule has 1 unspecified atom stereocenters. The minimum Gasteiger partial charge on any atom is -0.661 e. The Morgan fingerprint density at radius 1 is 0.754 bits per heavy atom. The molecule has 292 valence electrons. The maximum atomic E-state index is 6.07. The first-order chi connectivity index (χ1) is 27.1. The van der Waals surface area contributed by atoms with Crippen LogP contribution in [0.4, 0.5) is 17.1 Å². The zero-order chi connectivity index (χ0) is 39.0. The molecule has 57 heavy (non-hydrogen) atoms. The number of anilines is 2. The van der Waals surface area contributed by atoms with Gasteiger partial charge in [0.2, 0.25) is 0 Å². The van der Waals surface area contributed by atoms with E-state index in [0.717, 1.165) is 56.1 Å². The number of rotatable bonds is 7. The molecular weight excluding hydrogens is 891 g/mol. The molecule has 1 fully saturated rings. The van der Waals surface area contributed by atoms with Crippen LogP contribution in [0.2, 0.25) is 19.6 Å². The zero-order valence-electron chi connectivity index (χ0n) is 34.4. The number of hydrogen-bond acceptors (Lipinski definition) is 3. The molecule has 4 nitrogen and oxygen atoms in total. The van der Waals surface area contributed by atoms with Crippen molar-refractivity contribution in [1.29, 1.82) is 0 Å². The van der Waals surface area contributed by atoms with Crippen molar-refractivity contribution in [2.24, 2.45) is 0 Å². The molecule has 3 heterocycles. The molecule has 2 aliphatic rings. The van der Waals surface area contributed by atoms with Crippen molar-refractivity contribution in [1.82, 2.24) is 4.98 Å². The maximum absolute atomic E-state index is 6.07. The standard InChI is InChI=1S/C31H28N2O.C20H26NSi.Ir/c1-19(2)22-11-9-12-23(20(3)4)30(22)33-27-14-7-6-13-26(27)32-31(33)21-16-17-29-25(18-21)24-10-5-8-15-28(24)34-29;1-22(2,3)20-15-21-19(17-12-8-5-9-13-17)14-18(20)16-10-6-4-7-11-16;/h5-15,17-20,31H,1-4H3;5,8-9,12,14-16H,4,6-7,10-11H2,1-3H3;/q-2;-1;+3. The number of pyridine rings is 1. The maximum Gasteiger partial charge on any atom is 3.00 e. The number of fused-ring (bicyclic) bond motifs is 4. The molecule has 0 N–H and O–H groups in total. The van der Waals surface area contributed by atoms with Gasteiger partial charge < -0.3 is 19.6 Å². The number of aromatic nitrogens is 1. The van der Waals surface area contributed by atoms with E-state index < -0.39 is 8.07 Å². The second kappa shape index (κ2) is 17.2. The number of furan rings is 1. The van der Waals surface area contributed by atoms with Gasteiger partial charge in [-0.1, -0.05) is 138 Å². The molecule has 1 aliphatic heterocycles. The average molecular weight is 945 g/mol. The summed E-state index contributed by atoms with van der Waals surface area (Å²) in [5.41, 5.74) is 12.7. The average Bonchev–Trinajstić information content (AvgIpc) is 3.79. The summed E-state index contributed by atoms with van der Waals surface area (Å²) < 4.78 is 6.07. The van der Waals surface area contributed by atoms with Crippen LogP contribution >= 0.6 is 0 Å². The molecule has 5 aromatic carbocycles. The van der Waals surface area contributed by atoms with E-state index >= 15 is 0 Å². The van der Waals surface area contributed by atoms with Crippen molar-refractivity contribution in [2.45, 2.75) is 103 Å². The fourth-order valence-electron chi connectivity index (χ4n) is 8.72. The molecule has 2 aromatic heterocycles. The van der Waals surface area contributed by atoms with Crippen molar-refractivity contribution in [3.8, 4) is 11.3 Å². The van der Waals surface area contributed by atoms with E-state index in [4.69, 9.17) is 14.7 Å². The molecule has 0 spiro atoms. The van der Waals surface area contributed by atoms with Gasteiger partial charge in [0.15, 0.2) is 0 Å². The zero-order valence-corrected chi connectivity index (χ0v) is 37.8. The topological polar surface area (TPSA) is 43.4 Å². The van der Waals surface area contributed by atoms with Gasteiger partial charge >= 0.3 is 20.1 Å². The molecule has 0 bridgehead atoms. The third kappa shape index (κ3) is 8.28. The van der Waals surface area contributed by atoms with Gasteiger partial charge in [-0.25, -0.2) is 0 Å². The molecule has 1 saturated carbocycles. The Hall–Kier alpha value is -4.48. The summed E-state index contributed by atoms with van der Waals surface area (Å²) in [6, 6.07) is 45.0. The second-order valence-corrected chi connectivity index (χ2v) is 22.3. The molecule has 0 radical (unpaired) electrons. The van der Waals surface area contributed by atoms with Crippen molar-refractivity contribution in [3.63, 3.8) is 0 Å². The van der Waals surface area contributed by atoms with Gasteiger partial charge in [0.05, 0.1) is 8.07 Å². The normalized spacial score (nSPS) is 15.7. The van der Waals surface area contributed by atoms with Gasteiger partial charge in [-0.3, -0.25) is 0 Å². The summed E-state index contributed by atoms with van der Waals surface area (Å²) in [5, 5.41) is 9.00. The van der Waals surface area contributed by atoms with Crippen molar-refractivity contribution in [2.75, 3.05) is 4.90 Å². The summed E-state index contributed by atoms with van der Waals surface area (Å²) >= 11 is 0. The van der Waals surface area contributed by atoms with E-state index in [0.29, 0.717) is 11.8 Å². The van der Waals surface area contributed by atoms with Crippen LogP contribution in [0.5, 0.6) is 0 Å². The van der Waals surface area contributed by atoms with Crippen LogP contribution in [0, 0.1) is 12.1 Å². The molecule has 0 amide bonds. The second-order valence-electron chi connectivity index (χ2n) is 17.2. The minimum atomic E-state index is -1.36. The quantitative estimate of drug-likeness (QED) is 0.118. The summed E-state index contributed by atoms with van der Waals surface area (Å²) in [6.07, 6.45) is 8.84. The SMILES string of the molecule is CC(C)c1cccc(C(C)C)c1N1c2ccccc2[N-]C1c1[c-]cc2oc3ccccc3c2c1.C[Si](C)(C)c1cnc(-c2[c-]cccc2)cc1C1CCCCC1.[Ir+3]. The number of nitrogens with zero attached hydrogens (tertiary/aromatic N) is 3. The number of para-hydroxylation sites is 4. The molecule has 7 aromatic rings. The first-order valence-electron chi connectivity index (χ1n) is 20.6. The molecule has 1 atom stereocenters. The van der Waals surface area contributed by atoms with E-state index in [9.17, 15) is 0 Å². The van der Waals surface area contributed by atoms with Crippen LogP contribution < -0.4 is 10.1 Å². The Balaban J connectivity index is 0.000000188. The van der Waals surface area contributed by atoms with Crippen LogP contribution in [0.15, 0.2) is 120 Å². The van der Waals surface area contributed by atoms with Gasteiger partial charge in [-0.15, -0.1) is 47.6 Å². The van der Waals surface area contributed by atoms with Crippen molar-refractivity contribution < 1.29 is 24.5 Å². The first-order valence-corrected chi connectivity index (χ1v) is 24.1. The number of benzene rings is 5. The van der Waals surface area contributed by atoms with Crippen LogP contribution in [0.1, 0.15) is 106 Å². The third-order valence-electron chi connectivity index (χ3n) is 11.6. The van der Waals surface area contributed by atoms with E-state index in [2.05, 4.69) is 149 Å². The fourth-order valence-corrected chi connectivity index (χ4v) is 10.3. The predicted molar refractivity (Wildman–Crippen MR) is 239 cm³/mol. The third-order valence-corrected chi connectivity index (χ3v) is 13.6. The van der Waals surface area contributed by atoms with Gasteiger partial charge in [-0.2, -0.15) is 17.7 Å². The Bertz CT molecular complexity index is 2430. The molecular formula is C51H54IrN3OSi. The van der Waals surface area contributed by atoms with E-state index in [1.165, 1.54) is 48.9 Å². The van der Waals surface area contributed by atoms with E-state index in [1.54, 1.807) is 10.8 Å². The van der Waals surface area contributed by atoms with Gasteiger partial charge in [-0.05, 0) is 70.9 Å². The van der Waals surface area contributed by atoms with E-state index in [1.807, 2.05) is 30.3 Å². The predicted octanol–water partition coefficient (Wildman–Crippen LogP) is 14.6. The molecule has 9 rings (SSSR count). The summed E-state index contributed by atoms with van der Waals surface area (Å²) in [7, 11) is -1.36. The summed E-state index contributed by atoms with van der Waals surface area (Å²) in [4.78, 5) is 7.20. The first kappa shape index (κ1) is 40.7. The Morgan fingerprint density at radius 2 is 1.46 bits per heavy atom. The molecule has 6 heteroatoms. The Kier molecular flexibility index (Phi) is 12.3. The van der Waals surface area contributed by atoms with Crippen molar-refractivity contribution in [3.05, 3.63) is 155 Å². The molecule has 1 aliphatic carbocycles. The van der Waals surface area contributed by atoms with Crippen LogP contribution in [-0.4, -0.2) is 13.1 Å². The van der Waals surface area contributed by atoms with Crippen LogP contribution in [-0.2, 0) is 20.1 Å². The van der Waals surface area contributed by atoms with Crippen molar-refractivity contribution >= 4 is 52.3 Å². The van der Waals surface area contributed by atoms with Gasteiger partial charge in [0.25, 0.3) is 0 Å². The Morgan fingerprint density at radius 3 is 2.16 bits per heavy atom. The van der Waals surface area contributed by atoms with Crippen LogP contribution in [0.3, 0.4) is 0 Å². The number of hydrogen-bond donors (Lipinski definition) is 0. The smallest absolute Gasteiger partial charge is 0.661 e. The van der Waals surface area contributed by atoms with Gasteiger partial charge in [0, 0.05) is 28.5 Å². The largest absolute Gasteiger partial charge is 3.00 e. The van der Waals surface area contributed by atoms with Gasteiger partial charge in [0.1, 0.15) is 5.58 Å². The Labute approximate surface area is 354 Å². The fraction of sp³-hybridized carbons (Fsp3) is 0.314. The summed E-state index contributed by atoms with van der Waals surface area (Å²) in [6.45, 7) is 16.4.